The smallest absolute Gasteiger partial charge is 0.184 e. The van der Waals surface area contributed by atoms with Gasteiger partial charge in [-0.1, -0.05) is 13.8 Å². The van der Waals surface area contributed by atoms with Crippen LogP contribution in [0.3, 0.4) is 0 Å². The lowest BCUT2D eigenvalue weighted by atomic mass is 10.0. The Balaban J connectivity index is 2.81. The van der Waals surface area contributed by atoms with Gasteiger partial charge < -0.3 is 10.2 Å². The van der Waals surface area contributed by atoms with Crippen LogP contribution in [-0.2, 0) is 0 Å². The van der Waals surface area contributed by atoms with Crippen LogP contribution in [0.15, 0.2) is 24.4 Å². The first-order valence-electron chi connectivity index (χ1n) is 6.31. The van der Waals surface area contributed by atoms with E-state index in [1.54, 1.807) is 0 Å². The van der Waals surface area contributed by atoms with E-state index >= 15 is 0 Å². The van der Waals surface area contributed by atoms with Crippen molar-refractivity contribution in [3.8, 4) is 11.5 Å². The Morgan fingerprint density at radius 1 is 1.06 bits per heavy atom. The Morgan fingerprint density at radius 3 is 2.28 bits per heavy atom. The second-order valence-electron chi connectivity index (χ2n) is 5.29. The highest BCUT2D eigenvalue weighted by Crippen LogP contribution is 2.34. The summed E-state index contributed by atoms with van der Waals surface area (Å²) in [5.41, 5.74) is 1.15. The molecule has 0 radical (unpaired) electrons. The zero-order valence-corrected chi connectivity index (χ0v) is 11.3. The number of aromatic hydroxyl groups is 2. The number of pyridine rings is 1. The second-order valence-corrected chi connectivity index (χ2v) is 5.29. The highest BCUT2D eigenvalue weighted by molar-refractivity contribution is 5.89. The van der Waals surface area contributed by atoms with Crippen LogP contribution in [0.5, 0.6) is 11.5 Å². The third kappa shape index (κ3) is 2.01. The van der Waals surface area contributed by atoms with Gasteiger partial charge in [-0.2, -0.15) is 4.57 Å². The van der Waals surface area contributed by atoms with Crippen molar-refractivity contribution in [2.75, 3.05) is 0 Å². The minimum absolute atomic E-state index is 0.0368. The summed E-state index contributed by atoms with van der Waals surface area (Å²) in [4.78, 5) is 0. The maximum Gasteiger partial charge on any atom is 0.184 e. The molecule has 0 fully saturated rings. The lowest BCUT2D eigenvalue weighted by Gasteiger charge is -2.12. The van der Waals surface area contributed by atoms with Crippen LogP contribution in [0, 0.1) is 0 Å². The van der Waals surface area contributed by atoms with E-state index in [4.69, 9.17) is 0 Å². The molecule has 0 unspecified atom stereocenters. The summed E-state index contributed by atoms with van der Waals surface area (Å²) >= 11 is 0. The largest absolute Gasteiger partial charge is 0.504 e. The topological polar surface area (TPSA) is 44.3 Å². The first-order valence-corrected chi connectivity index (χ1v) is 6.31. The van der Waals surface area contributed by atoms with Crippen molar-refractivity contribution in [3.05, 3.63) is 30.1 Å². The van der Waals surface area contributed by atoms with Gasteiger partial charge in [-0.3, -0.25) is 0 Å². The van der Waals surface area contributed by atoms with Crippen molar-refractivity contribution >= 4 is 10.8 Å². The van der Waals surface area contributed by atoms with Gasteiger partial charge in [0.25, 0.3) is 0 Å². The zero-order valence-electron chi connectivity index (χ0n) is 11.3. The highest BCUT2D eigenvalue weighted by Gasteiger charge is 2.20. The molecule has 2 N–H and O–H groups in total. The van der Waals surface area contributed by atoms with Crippen LogP contribution < -0.4 is 4.57 Å². The number of phenolic OH excluding ortho intramolecular Hbond substituents is 2. The van der Waals surface area contributed by atoms with Crippen LogP contribution in [0.1, 0.15) is 45.3 Å². The molecule has 3 heteroatoms. The molecule has 0 aliphatic heterocycles. The molecule has 0 bridgehead atoms. The summed E-state index contributed by atoms with van der Waals surface area (Å²) in [5, 5.41) is 21.1. The standard InChI is InChI=1S/C15H19NO2/c1-9(2)13-7-12-11(8-16(13)10(3)4)5-6-14(17)15(12)18/h5-10,18H,1-4H3/p+1. The predicted molar refractivity (Wildman–Crippen MR) is 71.9 cm³/mol. The molecule has 1 aromatic heterocycles. The summed E-state index contributed by atoms with van der Waals surface area (Å²) in [6.45, 7) is 8.52. The molecule has 1 aromatic carbocycles. The summed E-state index contributed by atoms with van der Waals surface area (Å²) in [7, 11) is 0. The molecule has 0 saturated heterocycles. The number of fused-ring (bicyclic) bond motifs is 1. The number of hydrogen-bond donors (Lipinski definition) is 2. The van der Waals surface area contributed by atoms with Crippen molar-refractivity contribution in [1.29, 1.82) is 0 Å². The van der Waals surface area contributed by atoms with Gasteiger partial charge in [0, 0.05) is 22.8 Å². The molecule has 1 heterocycles. The number of nitrogens with zero attached hydrogens (tertiary/aromatic N) is 1. The van der Waals surface area contributed by atoms with Crippen LogP contribution >= 0.6 is 0 Å². The quantitative estimate of drug-likeness (QED) is 0.631. The molecule has 0 aliphatic rings. The van der Waals surface area contributed by atoms with Crippen molar-refractivity contribution in [3.63, 3.8) is 0 Å². The SMILES string of the molecule is CC(C)c1cc2c(O)c(O)ccc2c[n+]1C(C)C. The fourth-order valence-electron chi connectivity index (χ4n) is 2.24. The second kappa shape index (κ2) is 4.48. The Hall–Kier alpha value is -1.77. The minimum Gasteiger partial charge on any atom is -0.504 e. The van der Waals surface area contributed by atoms with Crippen LogP contribution in [0.25, 0.3) is 10.8 Å². The average Bonchev–Trinajstić information content (AvgIpc) is 2.32. The Morgan fingerprint density at radius 2 is 1.72 bits per heavy atom. The van der Waals surface area contributed by atoms with E-state index in [2.05, 4.69) is 32.3 Å². The molecular weight excluding hydrogens is 226 g/mol. The minimum atomic E-state index is -0.0699. The van der Waals surface area contributed by atoms with Gasteiger partial charge in [-0.15, -0.1) is 0 Å². The van der Waals surface area contributed by atoms with Crippen molar-refractivity contribution in [2.45, 2.75) is 39.7 Å². The fraction of sp³-hybridized carbons (Fsp3) is 0.400. The molecule has 0 spiro atoms. The van der Waals surface area contributed by atoms with Crippen molar-refractivity contribution < 1.29 is 14.8 Å². The van der Waals surface area contributed by atoms with E-state index in [9.17, 15) is 10.2 Å². The molecule has 0 atom stereocenters. The van der Waals surface area contributed by atoms with Gasteiger partial charge in [0.15, 0.2) is 29.4 Å². The van der Waals surface area contributed by atoms with Gasteiger partial charge in [0.2, 0.25) is 0 Å². The average molecular weight is 246 g/mol. The number of aromatic nitrogens is 1. The molecule has 2 aromatic rings. The highest BCUT2D eigenvalue weighted by atomic mass is 16.3. The zero-order chi connectivity index (χ0) is 13.4. The monoisotopic (exact) mass is 246 g/mol. The molecule has 18 heavy (non-hydrogen) atoms. The first-order chi connectivity index (χ1) is 8.41. The van der Waals surface area contributed by atoms with Gasteiger partial charge in [-0.25, -0.2) is 0 Å². The fourth-order valence-corrected chi connectivity index (χ4v) is 2.24. The number of hydrogen-bond acceptors (Lipinski definition) is 2. The Kier molecular flexibility index (Phi) is 3.16. The van der Waals surface area contributed by atoms with Crippen molar-refractivity contribution in [1.82, 2.24) is 0 Å². The van der Waals surface area contributed by atoms with E-state index in [0.29, 0.717) is 17.3 Å². The molecule has 0 saturated carbocycles. The summed E-state index contributed by atoms with van der Waals surface area (Å²) in [6, 6.07) is 5.68. The maximum atomic E-state index is 9.93. The van der Waals surface area contributed by atoms with Crippen LogP contribution in [0.2, 0.25) is 0 Å². The van der Waals surface area contributed by atoms with Gasteiger partial charge in [0.1, 0.15) is 0 Å². The predicted octanol–water partition coefficient (Wildman–Crippen LogP) is 3.24. The van der Waals surface area contributed by atoms with E-state index in [1.807, 2.05) is 18.3 Å². The third-order valence-corrected chi connectivity index (χ3v) is 3.25. The molecular formula is C15H20NO2+. The number of phenols is 2. The maximum absolute atomic E-state index is 9.93. The van der Waals surface area contributed by atoms with Gasteiger partial charge in [-0.05, 0) is 26.0 Å². The Labute approximate surface area is 107 Å². The molecule has 0 aliphatic carbocycles. The van der Waals surface area contributed by atoms with Crippen LogP contribution in [0.4, 0.5) is 0 Å². The summed E-state index contributed by atoms with van der Waals surface area (Å²) in [5.74, 6) is 0.253. The molecule has 0 amide bonds. The Bertz CT molecular complexity index is 589. The van der Waals surface area contributed by atoms with E-state index in [0.717, 1.165) is 11.1 Å². The number of benzene rings is 1. The van der Waals surface area contributed by atoms with Crippen molar-refractivity contribution in [2.24, 2.45) is 0 Å². The van der Waals surface area contributed by atoms with E-state index < -0.39 is 0 Å². The molecule has 3 nitrogen and oxygen atoms in total. The summed E-state index contributed by atoms with van der Waals surface area (Å²) < 4.78 is 2.21. The van der Waals surface area contributed by atoms with E-state index in [-0.39, 0.29) is 11.5 Å². The lowest BCUT2D eigenvalue weighted by molar-refractivity contribution is -0.722. The van der Waals surface area contributed by atoms with Gasteiger partial charge >= 0.3 is 0 Å². The lowest BCUT2D eigenvalue weighted by Crippen LogP contribution is -2.40. The van der Waals surface area contributed by atoms with Crippen LogP contribution in [-0.4, -0.2) is 10.2 Å². The summed E-state index contributed by atoms with van der Waals surface area (Å²) in [6.07, 6.45) is 2.04. The molecule has 2 rings (SSSR count). The third-order valence-electron chi connectivity index (χ3n) is 3.25. The number of rotatable bonds is 2. The van der Waals surface area contributed by atoms with E-state index in [1.165, 1.54) is 6.07 Å². The molecule has 96 valence electrons. The van der Waals surface area contributed by atoms with Gasteiger partial charge in [0.05, 0.1) is 0 Å². The normalized spacial score (nSPS) is 11.7. The first kappa shape index (κ1) is 12.7.